The Morgan fingerprint density at radius 2 is 2.12 bits per heavy atom. The van der Waals surface area contributed by atoms with Gasteiger partial charge in [0.15, 0.2) is 0 Å². The van der Waals surface area contributed by atoms with Crippen molar-refractivity contribution in [3.05, 3.63) is 47.4 Å². The number of carbonyl (C=O) groups is 1. The lowest BCUT2D eigenvalue weighted by molar-refractivity contribution is 0.0696. The molecule has 0 aliphatic heterocycles. The zero-order valence-electron chi connectivity index (χ0n) is 8.50. The number of pyridine rings is 2. The van der Waals surface area contributed by atoms with Crippen LogP contribution in [0.4, 0.5) is 0 Å². The van der Waals surface area contributed by atoms with Crippen molar-refractivity contribution in [2.75, 3.05) is 0 Å². The second kappa shape index (κ2) is 4.80. The lowest BCUT2D eigenvalue weighted by Crippen LogP contribution is -1.97. The summed E-state index contributed by atoms with van der Waals surface area (Å²) >= 11 is 5.74. The van der Waals surface area contributed by atoms with Crippen molar-refractivity contribution in [2.24, 2.45) is 0 Å². The fourth-order valence-corrected chi connectivity index (χ4v) is 1.30. The first-order valence-corrected chi connectivity index (χ1v) is 5.01. The number of aromatic carboxylic acids is 1. The van der Waals surface area contributed by atoms with Crippen molar-refractivity contribution in [1.82, 2.24) is 9.97 Å². The van der Waals surface area contributed by atoms with Gasteiger partial charge in [-0.05, 0) is 6.07 Å². The molecular weight excluding hydrogens is 244 g/mol. The third kappa shape index (κ3) is 2.92. The van der Waals surface area contributed by atoms with Crippen molar-refractivity contribution >= 4 is 17.6 Å². The van der Waals surface area contributed by atoms with Crippen LogP contribution in [-0.2, 0) is 0 Å². The van der Waals surface area contributed by atoms with Crippen LogP contribution in [0.1, 0.15) is 10.4 Å². The highest BCUT2D eigenvalue weighted by molar-refractivity contribution is 6.30. The number of hydrogen-bond donors (Lipinski definition) is 1. The lowest BCUT2D eigenvalue weighted by atomic mass is 10.3. The van der Waals surface area contributed by atoms with Gasteiger partial charge >= 0.3 is 5.97 Å². The molecule has 0 saturated carbocycles. The summed E-state index contributed by atoms with van der Waals surface area (Å²) < 4.78 is 5.34. The van der Waals surface area contributed by atoms with Crippen LogP contribution in [-0.4, -0.2) is 21.0 Å². The van der Waals surface area contributed by atoms with E-state index in [1.54, 1.807) is 6.07 Å². The third-order valence-corrected chi connectivity index (χ3v) is 2.09. The number of nitrogens with zero attached hydrogens (tertiary/aromatic N) is 2. The number of carboxylic acid groups (broad SMARTS) is 1. The maximum Gasteiger partial charge on any atom is 0.337 e. The predicted molar refractivity (Wildman–Crippen MR) is 60.5 cm³/mol. The summed E-state index contributed by atoms with van der Waals surface area (Å²) in [6.07, 6.45) is 4.18. The van der Waals surface area contributed by atoms with Crippen molar-refractivity contribution < 1.29 is 14.6 Å². The Balaban J connectivity index is 2.16. The molecule has 1 N–H and O–H groups in total. The van der Waals surface area contributed by atoms with E-state index in [-0.39, 0.29) is 11.4 Å². The average Bonchev–Trinajstić information content (AvgIpc) is 2.29. The van der Waals surface area contributed by atoms with E-state index in [1.807, 2.05) is 0 Å². The molecule has 0 aromatic carbocycles. The van der Waals surface area contributed by atoms with Crippen molar-refractivity contribution in [2.45, 2.75) is 0 Å². The Morgan fingerprint density at radius 1 is 1.29 bits per heavy atom. The van der Waals surface area contributed by atoms with E-state index in [4.69, 9.17) is 21.4 Å². The van der Waals surface area contributed by atoms with Crippen LogP contribution in [0.2, 0.25) is 5.02 Å². The van der Waals surface area contributed by atoms with Crippen LogP contribution in [0.3, 0.4) is 0 Å². The summed E-state index contributed by atoms with van der Waals surface area (Å²) in [5.74, 6) is -0.319. The predicted octanol–water partition coefficient (Wildman–Crippen LogP) is 2.62. The number of rotatable bonds is 3. The molecule has 6 heteroatoms. The molecule has 2 rings (SSSR count). The molecule has 2 aromatic heterocycles. The van der Waals surface area contributed by atoms with Crippen LogP contribution < -0.4 is 4.74 Å². The fraction of sp³-hybridized carbons (Fsp3) is 0. The molecule has 0 aliphatic carbocycles. The van der Waals surface area contributed by atoms with Gasteiger partial charge in [-0.25, -0.2) is 9.78 Å². The highest BCUT2D eigenvalue weighted by Crippen LogP contribution is 2.21. The summed E-state index contributed by atoms with van der Waals surface area (Å²) in [6.45, 7) is 0. The zero-order chi connectivity index (χ0) is 12.3. The van der Waals surface area contributed by atoms with E-state index in [1.165, 1.54) is 30.7 Å². The van der Waals surface area contributed by atoms with E-state index in [9.17, 15) is 4.79 Å². The van der Waals surface area contributed by atoms with E-state index in [0.717, 1.165) is 0 Å². The summed E-state index contributed by atoms with van der Waals surface area (Å²) in [5, 5.41) is 9.14. The molecule has 86 valence electrons. The highest BCUT2D eigenvalue weighted by atomic mass is 35.5. The fourth-order valence-electron chi connectivity index (χ4n) is 1.14. The molecule has 0 fully saturated rings. The van der Waals surface area contributed by atoms with Gasteiger partial charge in [0.1, 0.15) is 5.75 Å². The van der Waals surface area contributed by atoms with Gasteiger partial charge in [-0.2, -0.15) is 0 Å². The van der Waals surface area contributed by atoms with Gasteiger partial charge < -0.3 is 9.84 Å². The second-order valence-corrected chi connectivity index (χ2v) is 3.57. The van der Waals surface area contributed by atoms with Crippen LogP contribution >= 0.6 is 11.6 Å². The topological polar surface area (TPSA) is 72.3 Å². The number of ether oxygens (including phenoxy) is 1. The smallest absolute Gasteiger partial charge is 0.337 e. The average molecular weight is 251 g/mol. The molecule has 5 nitrogen and oxygen atoms in total. The molecule has 2 heterocycles. The monoisotopic (exact) mass is 250 g/mol. The summed E-state index contributed by atoms with van der Waals surface area (Å²) in [5.41, 5.74) is 0.0987. The molecule has 17 heavy (non-hydrogen) atoms. The van der Waals surface area contributed by atoms with Gasteiger partial charge in [0, 0.05) is 24.5 Å². The zero-order valence-corrected chi connectivity index (χ0v) is 9.26. The Morgan fingerprint density at radius 3 is 2.71 bits per heavy atom. The number of hydrogen-bond acceptors (Lipinski definition) is 4. The van der Waals surface area contributed by atoms with Crippen LogP contribution in [0, 0.1) is 0 Å². The van der Waals surface area contributed by atoms with E-state index in [2.05, 4.69) is 9.97 Å². The van der Waals surface area contributed by atoms with Crippen LogP contribution in [0.15, 0.2) is 36.8 Å². The van der Waals surface area contributed by atoms with Crippen molar-refractivity contribution in [3.8, 4) is 11.6 Å². The number of halogens is 1. The molecule has 0 saturated heterocycles. The molecule has 0 aliphatic rings. The number of aromatic nitrogens is 2. The van der Waals surface area contributed by atoms with Gasteiger partial charge in [-0.3, -0.25) is 4.98 Å². The minimum absolute atomic E-state index is 0.0987. The Kier molecular flexibility index (Phi) is 3.20. The van der Waals surface area contributed by atoms with Gasteiger partial charge in [0.25, 0.3) is 0 Å². The Hall–Kier alpha value is -2.14. The van der Waals surface area contributed by atoms with E-state index in [0.29, 0.717) is 10.8 Å². The molecule has 2 aromatic rings. The largest absolute Gasteiger partial charge is 0.478 e. The first-order chi connectivity index (χ1) is 8.15. The minimum Gasteiger partial charge on any atom is -0.478 e. The SMILES string of the molecule is O=C(O)c1ccc(Oc2cncc(Cl)c2)nc1. The Bertz CT molecular complexity index is 543. The summed E-state index contributed by atoms with van der Waals surface area (Å²) in [6, 6.07) is 4.45. The summed E-state index contributed by atoms with van der Waals surface area (Å²) in [4.78, 5) is 18.3. The Labute approximate surface area is 102 Å². The van der Waals surface area contributed by atoms with E-state index >= 15 is 0 Å². The third-order valence-electron chi connectivity index (χ3n) is 1.89. The normalized spacial score (nSPS) is 9.94. The molecule has 0 unspecified atom stereocenters. The molecular formula is C11H7ClN2O3. The minimum atomic E-state index is -1.03. The molecule has 0 spiro atoms. The lowest BCUT2D eigenvalue weighted by Gasteiger charge is -2.04. The molecule has 0 radical (unpaired) electrons. The van der Waals surface area contributed by atoms with Crippen LogP contribution in [0.25, 0.3) is 0 Å². The van der Waals surface area contributed by atoms with E-state index < -0.39 is 5.97 Å². The van der Waals surface area contributed by atoms with Crippen molar-refractivity contribution in [1.29, 1.82) is 0 Å². The van der Waals surface area contributed by atoms with Gasteiger partial charge in [0.05, 0.1) is 16.8 Å². The quantitative estimate of drug-likeness (QED) is 0.907. The van der Waals surface area contributed by atoms with Crippen LogP contribution in [0.5, 0.6) is 11.6 Å². The van der Waals surface area contributed by atoms with Crippen molar-refractivity contribution in [3.63, 3.8) is 0 Å². The molecule has 0 atom stereocenters. The summed E-state index contributed by atoms with van der Waals surface area (Å²) in [7, 11) is 0. The highest BCUT2D eigenvalue weighted by Gasteiger charge is 2.04. The van der Waals surface area contributed by atoms with Gasteiger partial charge in [-0.15, -0.1) is 0 Å². The first kappa shape index (κ1) is 11.3. The first-order valence-electron chi connectivity index (χ1n) is 4.63. The maximum absolute atomic E-state index is 10.6. The molecule has 0 bridgehead atoms. The second-order valence-electron chi connectivity index (χ2n) is 3.13. The molecule has 0 amide bonds. The standard InChI is InChI=1S/C11H7ClN2O3/c12-8-3-9(6-13-5-8)17-10-2-1-7(4-14-10)11(15)16/h1-6H,(H,15,16). The number of carboxylic acids is 1. The van der Waals surface area contributed by atoms with Gasteiger partial charge in [-0.1, -0.05) is 11.6 Å². The van der Waals surface area contributed by atoms with Gasteiger partial charge in [0.2, 0.25) is 5.88 Å². The maximum atomic E-state index is 10.6.